The van der Waals surface area contributed by atoms with E-state index in [9.17, 15) is 14.4 Å². The van der Waals surface area contributed by atoms with Crippen molar-refractivity contribution in [3.8, 4) is 0 Å². The highest BCUT2D eigenvalue weighted by Crippen LogP contribution is 2.35. The Labute approximate surface area is 178 Å². The second-order valence-corrected chi connectivity index (χ2v) is 7.01. The maximum atomic E-state index is 13.0. The number of methoxy groups -OCH3 is 2. The molecule has 1 aliphatic heterocycles. The summed E-state index contributed by atoms with van der Waals surface area (Å²) in [5.74, 6) is -0.732. The molecule has 1 aromatic carbocycles. The van der Waals surface area contributed by atoms with Gasteiger partial charge in [0.05, 0.1) is 20.6 Å². The van der Waals surface area contributed by atoms with Crippen molar-refractivity contribution in [1.82, 2.24) is 4.90 Å². The van der Waals surface area contributed by atoms with Gasteiger partial charge in [-0.15, -0.1) is 12.4 Å². The number of piperidine rings is 1. The number of hydrogen-bond donors (Lipinski definition) is 0. The fourth-order valence-electron chi connectivity index (χ4n) is 3.74. The van der Waals surface area contributed by atoms with Gasteiger partial charge in [-0.3, -0.25) is 14.5 Å². The van der Waals surface area contributed by atoms with Crippen LogP contribution >= 0.6 is 12.4 Å². The highest BCUT2D eigenvalue weighted by Gasteiger charge is 2.49. The molecular formula is C21H31ClN2O5. The van der Waals surface area contributed by atoms with Gasteiger partial charge >= 0.3 is 11.9 Å². The van der Waals surface area contributed by atoms with Gasteiger partial charge in [-0.2, -0.15) is 0 Å². The molecule has 1 heterocycles. The summed E-state index contributed by atoms with van der Waals surface area (Å²) in [6, 6.07) is 9.30. The van der Waals surface area contributed by atoms with Gasteiger partial charge in [-0.1, -0.05) is 25.1 Å². The summed E-state index contributed by atoms with van der Waals surface area (Å²) in [6.45, 7) is 3.70. The predicted octanol–water partition coefficient (Wildman–Crippen LogP) is 2.81. The molecule has 0 aromatic heterocycles. The maximum absolute atomic E-state index is 13.0. The first-order valence-corrected chi connectivity index (χ1v) is 9.74. The van der Waals surface area contributed by atoms with Crippen molar-refractivity contribution in [1.29, 1.82) is 0 Å². The van der Waals surface area contributed by atoms with E-state index in [0.29, 0.717) is 57.4 Å². The standard InChI is InChI=1S/C21H30N2O5.ClH/c1-4-8-18(24)23(17-9-6-5-7-10-17)21(20(26)28-3)12-15-22(16-13-21)14-11-19(25)27-2;/h5-7,9-10H,4,8,11-16H2,1-3H3;1H. The van der Waals surface area contributed by atoms with Crippen LogP contribution in [0.4, 0.5) is 5.69 Å². The van der Waals surface area contributed by atoms with Gasteiger partial charge in [-0.05, 0) is 31.4 Å². The Hall–Kier alpha value is -2.12. The van der Waals surface area contributed by atoms with Crippen LogP contribution in [0, 0.1) is 0 Å². The van der Waals surface area contributed by atoms with Crippen molar-refractivity contribution in [2.45, 2.75) is 44.6 Å². The van der Waals surface area contributed by atoms with Crippen molar-refractivity contribution < 1.29 is 23.9 Å². The molecule has 0 saturated carbocycles. The number of ether oxygens (including phenoxy) is 2. The Kier molecular flexibility index (Phi) is 10.1. The average Bonchev–Trinajstić information content (AvgIpc) is 2.73. The van der Waals surface area contributed by atoms with E-state index in [-0.39, 0.29) is 24.3 Å². The van der Waals surface area contributed by atoms with Gasteiger partial charge in [0.2, 0.25) is 5.91 Å². The highest BCUT2D eigenvalue weighted by molar-refractivity contribution is 6.02. The fourth-order valence-corrected chi connectivity index (χ4v) is 3.74. The lowest BCUT2D eigenvalue weighted by Crippen LogP contribution is -2.62. The number of hydrogen-bond acceptors (Lipinski definition) is 6. The summed E-state index contributed by atoms with van der Waals surface area (Å²) in [7, 11) is 2.74. The smallest absolute Gasteiger partial charge is 0.332 e. The molecule has 8 heteroatoms. The molecule has 1 fully saturated rings. The SMILES string of the molecule is CCCC(=O)N(c1ccccc1)C1(C(=O)OC)CCN(CCC(=O)OC)CC1.Cl. The zero-order valence-electron chi connectivity index (χ0n) is 17.4. The van der Waals surface area contributed by atoms with Crippen molar-refractivity contribution >= 4 is 35.9 Å². The van der Waals surface area contributed by atoms with E-state index >= 15 is 0 Å². The third kappa shape index (κ3) is 5.93. The Morgan fingerprint density at radius 1 is 1.03 bits per heavy atom. The Bertz CT molecular complexity index is 675. The molecule has 29 heavy (non-hydrogen) atoms. The van der Waals surface area contributed by atoms with E-state index in [4.69, 9.17) is 9.47 Å². The van der Waals surface area contributed by atoms with Gasteiger partial charge < -0.3 is 14.4 Å². The minimum Gasteiger partial charge on any atom is -0.469 e. The largest absolute Gasteiger partial charge is 0.469 e. The molecule has 0 bridgehead atoms. The molecule has 0 spiro atoms. The minimum absolute atomic E-state index is 0. The zero-order valence-corrected chi connectivity index (χ0v) is 18.2. The van der Waals surface area contributed by atoms with Crippen LogP contribution in [-0.2, 0) is 23.9 Å². The molecular weight excluding hydrogens is 396 g/mol. The van der Waals surface area contributed by atoms with Gasteiger partial charge in [0.1, 0.15) is 5.54 Å². The molecule has 1 amide bonds. The van der Waals surface area contributed by atoms with Crippen LogP contribution in [0.2, 0.25) is 0 Å². The van der Waals surface area contributed by atoms with Crippen LogP contribution in [0.1, 0.15) is 39.0 Å². The maximum Gasteiger partial charge on any atom is 0.332 e. The summed E-state index contributed by atoms with van der Waals surface area (Å²) in [4.78, 5) is 41.1. The molecule has 0 unspecified atom stereocenters. The summed E-state index contributed by atoms with van der Waals surface area (Å²) in [6.07, 6.45) is 2.26. The number of rotatable bonds is 8. The molecule has 1 aromatic rings. The molecule has 7 nitrogen and oxygen atoms in total. The summed E-state index contributed by atoms with van der Waals surface area (Å²) in [5.41, 5.74) is -0.334. The molecule has 1 aliphatic rings. The molecule has 0 radical (unpaired) electrons. The van der Waals surface area contributed by atoms with Crippen molar-refractivity contribution in [2.24, 2.45) is 0 Å². The number of nitrogens with zero attached hydrogens (tertiary/aromatic N) is 2. The Morgan fingerprint density at radius 3 is 2.17 bits per heavy atom. The lowest BCUT2D eigenvalue weighted by Gasteiger charge is -2.46. The van der Waals surface area contributed by atoms with E-state index in [1.165, 1.54) is 14.2 Å². The number of likely N-dealkylation sites (tertiary alicyclic amines) is 1. The first-order chi connectivity index (χ1) is 13.5. The number of benzene rings is 1. The van der Waals surface area contributed by atoms with E-state index in [0.717, 1.165) is 0 Å². The first kappa shape index (κ1) is 24.9. The van der Waals surface area contributed by atoms with E-state index in [1.54, 1.807) is 4.90 Å². The number of carbonyl (C=O) groups excluding carboxylic acids is 3. The van der Waals surface area contributed by atoms with Gasteiger partial charge in [0.25, 0.3) is 0 Å². The van der Waals surface area contributed by atoms with E-state index < -0.39 is 11.5 Å². The van der Waals surface area contributed by atoms with Crippen LogP contribution in [0.25, 0.3) is 0 Å². The van der Waals surface area contributed by atoms with Crippen molar-refractivity contribution in [3.63, 3.8) is 0 Å². The predicted molar refractivity (Wildman–Crippen MR) is 113 cm³/mol. The van der Waals surface area contributed by atoms with E-state index in [1.807, 2.05) is 37.3 Å². The van der Waals surface area contributed by atoms with Crippen LogP contribution < -0.4 is 4.90 Å². The van der Waals surface area contributed by atoms with Crippen molar-refractivity contribution in [2.75, 3.05) is 38.8 Å². The third-order valence-corrected chi connectivity index (χ3v) is 5.26. The van der Waals surface area contributed by atoms with E-state index in [2.05, 4.69) is 4.90 Å². The number of anilines is 1. The minimum atomic E-state index is -1.04. The summed E-state index contributed by atoms with van der Waals surface area (Å²) >= 11 is 0. The molecule has 1 saturated heterocycles. The second-order valence-electron chi connectivity index (χ2n) is 7.01. The van der Waals surface area contributed by atoms with Crippen LogP contribution in [-0.4, -0.2) is 62.1 Å². The fraction of sp³-hybridized carbons (Fsp3) is 0.571. The summed E-state index contributed by atoms with van der Waals surface area (Å²) in [5, 5.41) is 0. The molecule has 162 valence electrons. The summed E-state index contributed by atoms with van der Waals surface area (Å²) < 4.78 is 9.85. The number of halogens is 1. The highest BCUT2D eigenvalue weighted by atomic mass is 35.5. The normalized spacial score (nSPS) is 15.7. The molecule has 0 atom stereocenters. The topological polar surface area (TPSA) is 76.2 Å². The van der Waals surface area contributed by atoms with Crippen LogP contribution in [0.3, 0.4) is 0 Å². The number of esters is 2. The lowest BCUT2D eigenvalue weighted by molar-refractivity contribution is -0.151. The average molecular weight is 427 g/mol. The number of amides is 1. The van der Waals surface area contributed by atoms with Gasteiger partial charge in [0, 0.05) is 31.7 Å². The van der Waals surface area contributed by atoms with Crippen LogP contribution in [0.5, 0.6) is 0 Å². The number of carbonyl (C=O) groups is 3. The van der Waals surface area contributed by atoms with Gasteiger partial charge in [0.15, 0.2) is 0 Å². The quantitative estimate of drug-likeness (QED) is 0.595. The Balaban J connectivity index is 0.00000420. The third-order valence-electron chi connectivity index (χ3n) is 5.26. The van der Waals surface area contributed by atoms with Gasteiger partial charge in [-0.25, -0.2) is 4.79 Å². The molecule has 0 aliphatic carbocycles. The van der Waals surface area contributed by atoms with Crippen LogP contribution in [0.15, 0.2) is 30.3 Å². The zero-order chi connectivity index (χ0) is 20.6. The van der Waals surface area contributed by atoms with Crippen molar-refractivity contribution in [3.05, 3.63) is 30.3 Å². The molecule has 2 rings (SSSR count). The first-order valence-electron chi connectivity index (χ1n) is 9.74. The lowest BCUT2D eigenvalue weighted by atomic mass is 9.84. The number of para-hydroxylation sites is 1. The Morgan fingerprint density at radius 2 is 1.66 bits per heavy atom. The monoisotopic (exact) mass is 426 g/mol. The molecule has 0 N–H and O–H groups in total. The second kappa shape index (κ2) is 11.8.